The van der Waals surface area contributed by atoms with Gasteiger partial charge >= 0.3 is 0 Å². The van der Waals surface area contributed by atoms with E-state index in [0.29, 0.717) is 12.1 Å². The predicted molar refractivity (Wildman–Crippen MR) is 99.3 cm³/mol. The number of halogens is 1. The molecule has 2 amide bonds. The van der Waals surface area contributed by atoms with Crippen molar-refractivity contribution in [1.29, 1.82) is 0 Å². The molecule has 2 aromatic rings. The molecule has 1 atom stereocenters. The molecule has 1 unspecified atom stereocenters. The number of amides is 2. The van der Waals surface area contributed by atoms with Gasteiger partial charge in [-0.25, -0.2) is 4.39 Å². The quantitative estimate of drug-likeness (QED) is 0.844. The minimum absolute atomic E-state index is 0.0451. The lowest BCUT2D eigenvalue weighted by atomic mass is 10.1. The molecule has 26 heavy (non-hydrogen) atoms. The van der Waals surface area contributed by atoms with Crippen LogP contribution in [0.3, 0.4) is 0 Å². The van der Waals surface area contributed by atoms with Gasteiger partial charge < -0.3 is 9.80 Å². The summed E-state index contributed by atoms with van der Waals surface area (Å²) in [6.07, 6.45) is 0.188. The van der Waals surface area contributed by atoms with Crippen molar-refractivity contribution in [2.75, 3.05) is 18.5 Å². The fourth-order valence-corrected chi connectivity index (χ4v) is 3.41. The van der Waals surface area contributed by atoms with E-state index in [4.69, 9.17) is 0 Å². The van der Waals surface area contributed by atoms with Crippen molar-refractivity contribution in [3.05, 3.63) is 65.0 Å². The Morgan fingerprint density at radius 2 is 1.92 bits per heavy atom. The Morgan fingerprint density at radius 3 is 2.65 bits per heavy atom. The van der Waals surface area contributed by atoms with Crippen LogP contribution in [0.1, 0.15) is 23.1 Å². The highest BCUT2D eigenvalue weighted by Gasteiger charge is 2.37. The summed E-state index contributed by atoms with van der Waals surface area (Å²) in [6.45, 7) is 4.55. The van der Waals surface area contributed by atoms with Crippen LogP contribution in [-0.4, -0.2) is 30.3 Å². The lowest BCUT2D eigenvalue weighted by Crippen LogP contribution is -2.34. The molecule has 2 aromatic carbocycles. The maximum Gasteiger partial charge on any atom is 0.228 e. The lowest BCUT2D eigenvalue weighted by molar-refractivity contribution is -0.135. The first-order valence-corrected chi connectivity index (χ1v) is 8.73. The van der Waals surface area contributed by atoms with Crippen molar-refractivity contribution >= 4 is 17.5 Å². The number of hydrogen-bond acceptors (Lipinski definition) is 2. The van der Waals surface area contributed by atoms with Crippen LogP contribution in [0.5, 0.6) is 0 Å². The Bertz CT molecular complexity index is 850. The van der Waals surface area contributed by atoms with E-state index in [1.165, 1.54) is 11.0 Å². The highest BCUT2D eigenvalue weighted by molar-refractivity contribution is 6.00. The highest BCUT2D eigenvalue weighted by atomic mass is 19.1. The molecule has 0 spiro atoms. The second kappa shape index (κ2) is 7.28. The number of carbonyl (C=O) groups excluding carboxylic acids is 2. The number of benzene rings is 2. The smallest absolute Gasteiger partial charge is 0.228 e. The third-order valence-corrected chi connectivity index (χ3v) is 5.08. The first-order chi connectivity index (χ1) is 12.4. The molecule has 0 radical (unpaired) electrons. The fraction of sp³-hybridized carbons (Fsp3) is 0.333. The van der Waals surface area contributed by atoms with Gasteiger partial charge in [0.05, 0.1) is 5.92 Å². The Labute approximate surface area is 153 Å². The second-order valence-electron chi connectivity index (χ2n) is 6.91. The molecular formula is C21H23FN2O2. The van der Waals surface area contributed by atoms with Crippen LogP contribution in [0.4, 0.5) is 10.1 Å². The number of anilines is 1. The van der Waals surface area contributed by atoms with E-state index in [2.05, 4.69) is 0 Å². The van der Waals surface area contributed by atoms with Gasteiger partial charge in [0, 0.05) is 37.8 Å². The minimum Gasteiger partial charge on any atom is -0.341 e. The van der Waals surface area contributed by atoms with Gasteiger partial charge in [0.2, 0.25) is 11.8 Å². The summed E-state index contributed by atoms with van der Waals surface area (Å²) in [7, 11) is 1.65. The van der Waals surface area contributed by atoms with E-state index < -0.39 is 5.92 Å². The SMILES string of the molecule is Cc1cccc(N2CC(C(=O)N(C)Cc3ccccc3F)CC2=O)c1C. The van der Waals surface area contributed by atoms with Gasteiger partial charge in [0.1, 0.15) is 5.82 Å². The number of carbonyl (C=O) groups is 2. The van der Waals surface area contributed by atoms with Gasteiger partial charge in [-0.05, 0) is 37.1 Å². The Kier molecular flexibility index (Phi) is 5.07. The Hall–Kier alpha value is -2.69. The molecule has 3 rings (SSSR count). The van der Waals surface area contributed by atoms with E-state index in [1.54, 1.807) is 30.1 Å². The number of rotatable bonds is 4. The first-order valence-electron chi connectivity index (χ1n) is 8.73. The van der Waals surface area contributed by atoms with Crippen LogP contribution in [0.25, 0.3) is 0 Å². The van der Waals surface area contributed by atoms with E-state index in [1.807, 2.05) is 32.0 Å². The van der Waals surface area contributed by atoms with Gasteiger partial charge in [-0.1, -0.05) is 30.3 Å². The topological polar surface area (TPSA) is 40.6 Å². The van der Waals surface area contributed by atoms with Crippen LogP contribution in [0, 0.1) is 25.6 Å². The van der Waals surface area contributed by atoms with Crippen LogP contribution in [0.15, 0.2) is 42.5 Å². The van der Waals surface area contributed by atoms with Gasteiger partial charge in [-0.2, -0.15) is 0 Å². The van der Waals surface area contributed by atoms with E-state index in [0.717, 1.165) is 16.8 Å². The third-order valence-electron chi connectivity index (χ3n) is 5.08. The van der Waals surface area contributed by atoms with Crippen molar-refractivity contribution in [1.82, 2.24) is 4.90 Å². The molecule has 4 nitrogen and oxygen atoms in total. The van der Waals surface area contributed by atoms with Crippen LogP contribution in [-0.2, 0) is 16.1 Å². The first kappa shape index (κ1) is 18.1. The zero-order valence-electron chi connectivity index (χ0n) is 15.3. The average Bonchev–Trinajstić information content (AvgIpc) is 3.00. The lowest BCUT2D eigenvalue weighted by Gasteiger charge is -2.23. The summed E-state index contributed by atoms with van der Waals surface area (Å²) in [5.41, 5.74) is 3.50. The zero-order chi connectivity index (χ0) is 18.8. The number of hydrogen-bond donors (Lipinski definition) is 0. The van der Waals surface area contributed by atoms with Crippen molar-refractivity contribution in [3.63, 3.8) is 0 Å². The molecule has 5 heteroatoms. The van der Waals surface area contributed by atoms with Gasteiger partial charge in [0.15, 0.2) is 0 Å². The molecule has 1 aliphatic rings. The van der Waals surface area contributed by atoms with Crippen LogP contribution >= 0.6 is 0 Å². The molecule has 0 bridgehead atoms. The summed E-state index contributed by atoms with van der Waals surface area (Å²) in [6, 6.07) is 12.3. The molecule has 0 N–H and O–H groups in total. The monoisotopic (exact) mass is 354 g/mol. The summed E-state index contributed by atoms with van der Waals surface area (Å²) in [5.74, 6) is -0.906. The molecule has 1 saturated heterocycles. The largest absolute Gasteiger partial charge is 0.341 e. The second-order valence-corrected chi connectivity index (χ2v) is 6.91. The van der Waals surface area contributed by atoms with Crippen molar-refractivity contribution in [3.8, 4) is 0 Å². The number of nitrogens with zero attached hydrogens (tertiary/aromatic N) is 2. The van der Waals surface area contributed by atoms with Crippen LogP contribution < -0.4 is 4.90 Å². The molecule has 0 saturated carbocycles. The molecule has 136 valence electrons. The molecule has 1 fully saturated rings. The Morgan fingerprint density at radius 1 is 1.19 bits per heavy atom. The molecule has 0 aliphatic carbocycles. The van der Waals surface area contributed by atoms with Gasteiger partial charge in [0.25, 0.3) is 0 Å². The van der Waals surface area contributed by atoms with E-state index >= 15 is 0 Å². The Balaban J connectivity index is 1.72. The molecule has 1 aliphatic heterocycles. The van der Waals surface area contributed by atoms with Crippen molar-refractivity contribution in [2.24, 2.45) is 5.92 Å². The summed E-state index contributed by atoms with van der Waals surface area (Å²) in [5, 5.41) is 0. The summed E-state index contributed by atoms with van der Waals surface area (Å²) in [4.78, 5) is 28.4. The average molecular weight is 354 g/mol. The van der Waals surface area contributed by atoms with Crippen molar-refractivity contribution in [2.45, 2.75) is 26.8 Å². The molecular weight excluding hydrogens is 331 g/mol. The number of aryl methyl sites for hydroxylation is 1. The summed E-state index contributed by atoms with van der Waals surface area (Å²) < 4.78 is 13.8. The fourth-order valence-electron chi connectivity index (χ4n) is 3.41. The van der Waals surface area contributed by atoms with E-state index in [-0.39, 0.29) is 30.6 Å². The third kappa shape index (κ3) is 3.47. The standard InChI is InChI=1S/C21H23FN2O2/c1-14-7-6-10-19(15(14)2)24-13-17(11-20(24)25)21(26)23(3)12-16-8-4-5-9-18(16)22/h4-10,17H,11-13H2,1-3H3. The highest BCUT2D eigenvalue weighted by Crippen LogP contribution is 2.30. The summed E-state index contributed by atoms with van der Waals surface area (Å²) >= 11 is 0. The van der Waals surface area contributed by atoms with Crippen molar-refractivity contribution < 1.29 is 14.0 Å². The normalized spacial score (nSPS) is 16.8. The van der Waals surface area contributed by atoms with Gasteiger partial charge in [-0.3, -0.25) is 9.59 Å². The van der Waals surface area contributed by atoms with Crippen LogP contribution in [0.2, 0.25) is 0 Å². The maximum atomic E-state index is 13.8. The zero-order valence-corrected chi connectivity index (χ0v) is 15.3. The molecule has 0 aromatic heterocycles. The maximum absolute atomic E-state index is 13.8. The van der Waals surface area contributed by atoms with Gasteiger partial charge in [-0.15, -0.1) is 0 Å². The minimum atomic E-state index is -0.404. The molecule has 1 heterocycles. The van der Waals surface area contributed by atoms with E-state index in [9.17, 15) is 14.0 Å². The predicted octanol–water partition coefficient (Wildman–Crippen LogP) is 3.45.